The van der Waals surface area contributed by atoms with Gasteiger partial charge in [0.1, 0.15) is 12.4 Å². The SMILES string of the molecule is CC(C)CC[n+]1ccn(C(F)(F)F)c1. The molecule has 0 aliphatic rings. The van der Waals surface area contributed by atoms with Crippen molar-refractivity contribution in [2.45, 2.75) is 33.1 Å². The Hall–Kier alpha value is -1.00. The highest BCUT2D eigenvalue weighted by atomic mass is 19.4. The topological polar surface area (TPSA) is 8.81 Å². The second kappa shape index (κ2) is 4.02. The van der Waals surface area contributed by atoms with Crippen LogP contribution < -0.4 is 4.57 Å². The summed E-state index contributed by atoms with van der Waals surface area (Å²) in [5.41, 5.74) is 0. The van der Waals surface area contributed by atoms with Crippen LogP contribution in [0.2, 0.25) is 0 Å². The molecule has 0 N–H and O–H groups in total. The zero-order chi connectivity index (χ0) is 10.8. The van der Waals surface area contributed by atoms with Crippen molar-refractivity contribution in [3.05, 3.63) is 18.7 Å². The monoisotopic (exact) mass is 207 g/mol. The lowest BCUT2D eigenvalue weighted by atomic mass is 10.1. The van der Waals surface area contributed by atoms with Crippen molar-refractivity contribution in [1.29, 1.82) is 0 Å². The van der Waals surface area contributed by atoms with Crippen LogP contribution in [-0.2, 0) is 12.8 Å². The lowest BCUT2D eigenvalue weighted by molar-refractivity contribution is -0.698. The minimum atomic E-state index is -4.30. The van der Waals surface area contributed by atoms with Crippen LogP contribution in [0.1, 0.15) is 20.3 Å². The van der Waals surface area contributed by atoms with Crippen LogP contribution in [0.25, 0.3) is 0 Å². The van der Waals surface area contributed by atoms with Crippen molar-refractivity contribution in [1.82, 2.24) is 4.57 Å². The maximum Gasteiger partial charge on any atom is 0.567 e. The Morgan fingerprint density at radius 3 is 2.43 bits per heavy atom. The fraction of sp³-hybridized carbons (Fsp3) is 0.667. The number of hydrogen-bond acceptors (Lipinski definition) is 0. The molecule has 80 valence electrons. The number of aromatic nitrogens is 2. The van der Waals surface area contributed by atoms with E-state index in [0.29, 0.717) is 12.5 Å². The Kier molecular flexibility index (Phi) is 3.18. The summed E-state index contributed by atoms with van der Waals surface area (Å²) in [6.45, 7) is 4.71. The van der Waals surface area contributed by atoms with Crippen LogP contribution in [0, 0.1) is 5.92 Å². The minimum Gasteiger partial charge on any atom is -0.237 e. The summed E-state index contributed by atoms with van der Waals surface area (Å²) in [5, 5.41) is 0. The second-order valence-corrected chi connectivity index (χ2v) is 3.71. The van der Waals surface area contributed by atoms with E-state index < -0.39 is 6.30 Å². The van der Waals surface area contributed by atoms with Crippen LogP contribution in [0.5, 0.6) is 0 Å². The first-order valence-electron chi connectivity index (χ1n) is 4.54. The predicted octanol–water partition coefficient (Wildman–Crippen LogP) is 2.30. The van der Waals surface area contributed by atoms with Crippen molar-refractivity contribution in [3.63, 3.8) is 0 Å². The molecule has 2 nitrogen and oxygen atoms in total. The van der Waals surface area contributed by atoms with Gasteiger partial charge in [0, 0.05) is 0 Å². The number of rotatable bonds is 3. The molecule has 1 aromatic rings. The highest BCUT2D eigenvalue weighted by Crippen LogP contribution is 2.20. The van der Waals surface area contributed by atoms with E-state index in [1.807, 2.05) is 13.8 Å². The van der Waals surface area contributed by atoms with Gasteiger partial charge in [-0.15, -0.1) is 17.7 Å². The molecule has 0 atom stereocenters. The van der Waals surface area contributed by atoms with Crippen molar-refractivity contribution in [2.24, 2.45) is 5.92 Å². The lowest BCUT2D eigenvalue weighted by Crippen LogP contribution is -2.32. The van der Waals surface area contributed by atoms with Gasteiger partial charge in [-0.1, -0.05) is 13.8 Å². The normalized spacial score (nSPS) is 12.4. The van der Waals surface area contributed by atoms with E-state index in [4.69, 9.17) is 0 Å². The maximum atomic E-state index is 12.1. The van der Waals surface area contributed by atoms with E-state index in [-0.39, 0.29) is 4.57 Å². The van der Waals surface area contributed by atoms with Crippen molar-refractivity contribution in [2.75, 3.05) is 0 Å². The van der Waals surface area contributed by atoms with Gasteiger partial charge in [-0.05, 0) is 12.3 Å². The van der Waals surface area contributed by atoms with E-state index >= 15 is 0 Å². The molecule has 0 bridgehead atoms. The van der Waals surface area contributed by atoms with E-state index in [9.17, 15) is 13.2 Å². The third kappa shape index (κ3) is 3.05. The predicted molar refractivity (Wildman–Crippen MR) is 45.4 cm³/mol. The van der Waals surface area contributed by atoms with E-state index in [1.54, 1.807) is 4.57 Å². The Morgan fingerprint density at radius 2 is 2.00 bits per heavy atom. The van der Waals surface area contributed by atoms with Gasteiger partial charge in [-0.3, -0.25) is 0 Å². The molecular formula is C9H14F3N2+. The summed E-state index contributed by atoms with van der Waals surface area (Å²) in [7, 11) is 0. The number of nitrogens with zero attached hydrogens (tertiary/aromatic N) is 2. The second-order valence-electron chi connectivity index (χ2n) is 3.71. The Bertz CT molecular complexity index is 288. The van der Waals surface area contributed by atoms with Crippen molar-refractivity contribution >= 4 is 0 Å². The fourth-order valence-corrected chi connectivity index (χ4v) is 1.08. The van der Waals surface area contributed by atoms with E-state index in [2.05, 4.69) is 0 Å². The average molecular weight is 207 g/mol. The molecular weight excluding hydrogens is 193 g/mol. The van der Waals surface area contributed by atoms with Crippen LogP contribution in [0.3, 0.4) is 0 Å². The lowest BCUT2D eigenvalue weighted by Gasteiger charge is -2.01. The molecule has 0 aromatic carbocycles. The smallest absolute Gasteiger partial charge is 0.237 e. The number of alkyl halides is 3. The number of halogens is 3. The molecule has 0 aliphatic heterocycles. The molecule has 14 heavy (non-hydrogen) atoms. The average Bonchev–Trinajstić information content (AvgIpc) is 2.47. The van der Waals surface area contributed by atoms with Crippen molar-refractivity contribution in [3.8, 4) is 0 Å². The summed E-state index contributed by atoms with van der Waals surface area (Å²) in [6, 6.07) is 0. The quantitative estimate of drug-likeness (QED) is 0.672. The number of aryl methyl sites for hydroxylation is 1. The highest BCUT2D eigenvalue weighted by molar-refractivity contribution is 4.68. The van der Waals surface area contributed by atoms with Crippen LogP contribution in [0.15, 0.2) is 18.7 Å². The van der Waals surface area contributed by atoms with Crippen LogP contribution >= 0.6 is 0 Å². The molecule has 1 heterocycles. The first kappa shape index (κ1) is 11.1. The Balaban J connectivity index is 2.60. The van der Waals surface area contributed by atoms with Gasteiger partial charge in [0.25, 0.3) is 6.33 Å². The largest absolute Gasteiger partial charge is 0.567 e. The number of hydrogen-bond donors (Lipinski definition) is 0. The molecule has 0 aliphatic carbocycles. The molecule has 0 saturated heterocycles. The molecule has 1 aromatic heterocycles. The summed E-state index contributed by atoms with van der Waals surface area (Å²) >= 11 is 0. The van der Waals surface area contributed by atoms with Gasteiger partial charge >= 0.3 is 6.30 Å². The van der Waals surface area contributed by atoms with Gasteiger partial charge in [0.05, 0.1) is 6.54 Å². The molecule has 0 saturated carbocycles. The fourth-order valence-electron chi connectivity index (χ4n) is 1.08. The Labute approximate surface area is 81.0 Å². The van der Waals surface area contributed by atoms with Gasteiger partial charge < -0.3 is 0 Å². The van der Waals surface area contributed by atoms with Crippen LogP contribution in [0.4, 0.5) is 13.2 Å². The summed E-state index contributed by atoms with van der Waals surface area (Å²) in [5.74, 6) is 0.497. The van der Waals surface area contributed by atoms with Gasteiger partial charge in [-0.2, -0.15) is 0 Å². The molecule has 0 fully saturated rings. The highest BCUT2D eigenvalue weighted by Gasteiger charge is 2.37. The molecule has 0 unspecified atom stereocenters. The summed E-state index contributed by atoms with van der Waals surface area (Å²) in [6.07, 6.45) is 0.119. The summed E-state index contributed by atoms with van der Waals surface area (Å²) < 4.78 is 38.3. The molecule has 1 rings (SSSR count). The summed E-state index contributed by atoms with van der Waals surface area (Å²) in [4.78, 5) is 0. The third-order valence-corrected chi connectivity index (χ3v) is 1.95. The number of imidazole rings is 1. The first-order chi connectivity index (χ1) is 6.39. The standard InChI is InChI=1S/C9H14F3N2/c1-8(2)3-4-13-5-6-14(7-13)9(10,11)12/h5-8H,3-4H2,1-2H3/q+1. The maximum absolute atomic E-state index is 12.1. The molecule has 0 amide bonds. The van der Waals surface area contributed by atoms with Crippen LogP contribution in [-0.4, -0.2) is 4.57 Å². The molecule has 0 radical (unpaired) electrons. The van der Waals surface area contributed by atoms with E-state index in [0.717, 1.165) is 18.9 Å². The first-order valence-corrected chi connectivity index (χ1v) is 4.54. The molecule has 0 spiro atoms. The zero-order valence-corrected chi connectivity index (χ0v) is 8.25. The minimum absolute atomic E-state index is 0.257. The van der Waals surface area contributed by atoms with Gasteiger partial charge in [0.2, 0.25) is 0 Å². The van der Waals surface area contributed by atoms with Gasteiger partial charge in [0.15, 0.2) is 0 Å². The third-order valence-electron chi connectivity index (χ3n) is 1.95. The van der Waals surface area contributed by atoms with Crippen molar-refractivity contribution < 1.29 is 17.7 Å². The molecule has 5 heteroatoms. The zero-order valence-electron chi connectivity index (χ0n) is 8.25. The van der Waals surface area contributed by atoms with E-state index in [1.165, 1.54) is 6.20 Å². The van der Waals surface area contributed by atoms with Gasteiger partial charge in [-0.25, -0.2) is 4.57 Å². The Morgan fingerprint density at radius 1 is 1.36 bits per heavy atom.